The number of carboxylic acids is 1. The SMILES string of the molecule is CCN(CCNC(=O)c1ccc2c(c1)c(C)c(C)n2Cc1ccc(-c2ccccc2C(=O)O)cc1)C(=O)OCc1ccccc1. The highest BCUT2D eigenvalue weighted by Crippen LogP contribution is 2.29. The Balaban J connectivity index is 1.23. The monoisotopic (exact) mass is 603 g/mol. The van der Waals surface area contributed by atoms with Crippen molar-refractivity contribution in [3.63, 3.8) is 0 Å². The number of hydrogen-bond donors (Lipinski definition) is 2. The molecule has 0 fully saturated rings. The number of carboxylic acid groups (broad SMARTS) is 1. The van der Waals surface area contributed by atoms with Crippen LogP contribution in [0.3, 0.4) is 0 Å². The second-order valence-corrected chi connectivity index (χ2v) is 11.0. The number of aromatic carboxylic acids is 1. The molecule has 0 aliphatic carbocycles. The highest BCUT2D eigenvalue weighted by Gasteiger charge is 2.17. The molecule has 8 heteroatoms. The summed E-state index contributed by atoms with van der Waals surface area (Å²) in [6.07, 6.45) is -0.413. The Morgan fingerprint density at radius 3 is 2.29 bits per heavy atom. The first-order chi connectivity index (χ1) is 21.8. The maximum Gasteiger partial charge on any atom is 0.410 e. The molecule has 8 nitrogen and oxygen atoms in total. The highest BCUT2D eigenvalue weighted by molar-refractivity contribution is 5.99. The van der Waals surface area contributed by atoms with E-state index >= 15 is 0 Å². The van der Waals surface area contributed by atoms with Gasteiger partial charge in [0, 0.05) is 48.3 Å². The molecule has 0 saturated heterocycles. The normalized spacial score (nSPS) is 10.9. The zero-order valence-electron chi connectivity index (χ0n) is 25.7. The van der Waals surface area contributed by atoms with E-state index in [4.69, 9.17) is 4.74 Å². The molecule has 5 aromatic rings. The third-order valence-corrected chi connectivity index (χ3v) is 8.18. The molecule has 1 heterocycles. The number of nitrogens with zero attached hydrogens (tertiary/aromatic N) is 2. The highest BCUT2D eigenvalue weighted by atomic mass is 16.6. The fourth-order valence-corrected chi connectivity index (χ4v) is 5.48. The predicted molar refractivity (Wildman–Crippen MR) is 176 cm³/mol. The molecular weight excluding hydrogens is 566 g/mol. The number of carbonyl (C=O) groups is 3. The van der Waals surface area contributed by atoms with Crippen LogP contribution in [-0.4, -0.2) is 52.2 Å². The molecule has 0 bridgehead atoms. The lowest BCUT2D eigenvalue weighted by molar-refractivity contribution is 0.0697. The van der Waals surface area contributed by atoms with Crippen LogP contribution in [0.25, 0.3) is 22.0 Å². The second-order valence-electron chi connectivity index (χ2n) is 11.0. The third kappa shape index (κ3) is 7.07. The van der Waals surface area contributed by atoms with Crippen molar-refractivity contribution in [2.45, 2.75) is 33.9 Å². The van der Waals surface area contributed by atoms with Gasteiger partial charge in [-0.05, 0) is 72.9 Å². The van der Waals surface area contributed by atoms with E-state index in [-0.39, 0.29) is 18.1 Å². The van der Waals surface area contributed by atoms with Crippen molar-refractivity contribution in [1.82, 2.24) is 14.8 Å². The van der Waals surface area contributed by atoms with E-state index in [1.165, 1.54) is 0 Å². The van der Waals surface area contributed by atoms with Gasteiger partial charge in [0.1, 0.15) is 6.61 Å². The van der Waals surface area contributed by atoms with Gasteiger partial charge in [-0.25, -0.2) is 9.59 Å². The number of aryl methyl sites for hydroxylation is 1. The second kappa shape index (κ2) is 13.9. The maximum atomic E-state index is 13.1. The topological polar surface area (TPSA) is 101 Å². The standard InChI is InChI=1S/C37H37N3O5/c1-4-39(37(44)45-24-28-10-6-5-7-11-28)21-20-38-35(41)30-18-19-34-33(22-30)25(2)26(3)40(34)23-27-14-16-29(17-15-27)31-12-8-9-13-32(31)36(42)43/h5-19,22H,4,20-21,23-24H2,1-3H3,(H,38,41)(H,42,43). The molecule has 0 aliphatic heterocycles. The van der Waals surface area contributed by atoms with Crippen LogP contribution in [0, 0.1) is 13.8 Å². The number of benzene rings is 4. The minimum atomic E-state index is -0.949. The van der Waals surface area contributed by atoms with Crippen LogP contribution in [0.4, 0.5) is 4.79 Å². The predicted octanol–water partition coefficient (Wildman–Crippen LogP) is 7.06. The lowest BCUT2D eigenvalue weighted by atomic mass is 9.99. The van der Waals surface area contributed by atoms with Crippen molar-refractivity contribution < 1.29 is 24.2 Å². The summed E-state index contributed by atoms with van der Waals surface area (Å²) < 4.78 is 7.66. The Bertz CT molecular complexity index is 1830. The molecule has 4 aromatic carbocycles. The lowest BCUT2D eigenvalue weighted by Crippen LogP contribution is -2.38. The third-order valence-electron chi connectivity index (χ3n) is 8.18. The molecular formula is C37H37N3O5. The van der Waals surface area contributed by atoms with Crippen LogP contribution in [0.15, 0.2) is 97.1 Å². The van der Waals surface area contributed by atoms with Gasteiger partial charge in [0.05, 0.1) is 5.56 Å². The number of likely N-dealkylation sites (N-methyl/N-ethyl adjacent to an activating group) is 1. The number of fused-ring (bicyclic) bond motifs is 1. The van der Waals surface area contributed by atoms with Crippen molar-refractivity contribution in [2.75, 3.05) is 19.6 Å². The van der Waals surface area contributed by atoms with Crippen LogP contribution in [-0.2, 0) is 17.9 Å². The number of hydrogen-bond acceptors (Lipinski definition) is 4. The summed E-state index contributed by atoms with van der Waals surface area (Å²) >= 11 is 0. The molecule has 0 spiro atoms. The Hall–Kier alpha value is -5.37. The molecule has 5 rings (SSSR count). The van der Waals surface area contributed by atoms with Crippen molar-refractivity contribution in [3.05, 3.63) is 131 Å². The summed E-state index contributed by atoms with van der Waals surface area (Å²) in [7, 11) is 0. The fourth-order valence-electron chi connectivity index (χ4n) is 5.48. The Morgan fingerprint density at radius 2 is 1.58 bits per heavy atom. The van der Waals surface area contributed by atoms with E-state index in [2.05, 4.69) is 23.7 Å². The smallest absolute Gasteiger partial charge is 0.410 e. The Kier molecular flexibility index (Phi) is 9.63. The van der Waals surface area contributed by atoms with Gasteiger partial charge in [-0.2, -0.15) is 0 Å². The number of rotatable bonds is 11. The Morgan fingerprint density at radius 1 is 0.867 bits per heavy atom. The first kappa shape index (κ1) is 31.1. The van der Waals surface area contributed by atoms with Crippen LogP contribution in [0.1, 0.15) is 50.0 Å². The van der Waals surface area contributed by atoms with Gasteiger partial charge in [-0.1, -0.05) is 72.8 Å². The zero-order chi connectivity index (χ0) is 31.9. The summed E-state index contributed by atoms with van der Waals surface area (Å²) in [5.74, 6) is -1.15. The van der Waals surface area contributed by atoms with Gasteiger partial charge in [0.15, 0.2) is 0 Å². The molecule has 2 N–H and O–H groups in total. The van der Waals surface area contributed by atoms with Crippen molar-refractivity contribution >= 4 is 28.9 Å². The number of aromatic nitrogens is 1. The van der Waals surface area contributed by atoms with Crippen molar-refractivity contribution in [1.29, 1.82) is 0 Å². The van der Waals surface area contributed by atoms with E-state index in [0.29, 0.717) is 37.3 Å². The van der Waals surface area contributed by atoms with E-state index < -0.39 is 12.1 Å². The zero-order valence-corrected chi connectivity index (χ0v) is 25.7. The van der Waals surface area contributed by atoms with Gasteiger partial charge < -0.3 is 24.6 Å². The van der Waals surface area contributed by atoms with Gasteiger partial charge >= 0.3 is 12.1 Å². The van der Waals surface area contributed by atoms with E-state index in [1.54, 1.807) is 17.0 Å². The number of ether oxygens (including phenoxy) is 1. The largest absolute Gasteiger partial charge is 0.478 e. The molecule has 45 heavy (non-hydrogen) atoms. The van der Waals surface area contributed by atoms with Crippen LogP contribution < -0.4 is 5.32 Å². The minimum absolute atomic E-state index is 0.201. The summed E-state index contributed by atoms with van der Waals surface area (Å²) in [5, 5.41) is 13.5. The molecule has 0 atom stereocenters. The van der Waals surface area contributed by atoms with Gasteiger partial charge in [-0.3, -0.25) is 4.79 Å². The van der Waals surface area contributed by atoms with E-state index in [1.807, 2.05) is 91.9 Å². The fraction of sp³-hybridized carbons (Fsp3) is 0.216. The number of nitrogens with one attached hydrogen (secondary N) is 1. The molecule has 0 saturated carbocycles. The number of amides is 2. The molecule has 0 aliphatic rings. The van der Waals surface area contributed by atoms with Crippen LogP contribution in [0.5, 0.6) is 0 Å². The maximum absolute atomic E-state index is 13.1. The molecule has 0 radical (unpaired) electrons. The number of carbonyl (C=O) groups excluding carboxylic acids is 2. The Labute approximate surface area is 262 Å². The quantitative estimate of drug-likeness (QED) is 0.168. The van der Waals surface area contributed by atoms with Gasteiger partial charge in [0.25, 0.3) is 5.91 Å². The lowest BCUT2D eigenvalue weighted by Gasteiger charge is -2.20. The van der Waals surface area contributed by atoms with Crippen molar-refractivity contribution in [3.8, 4) is 11.1 Å². The molecule has 230 valence electrons. The average Bonchev–Trinajstić information content (AvgIpc) is 3.30. The minimum Gasteiger partial charge on any atom is -0.478 e. The van der Waals surface area contributed by atoms with Gasteiger partial charge in [0.2, 0.25) is 0 Å². The molecule has 1 aromatic heterocycles. The summed E-state index contributed by atoms with van der Waals surface area (Å²) in [6.45, 7) is 7.96. The summed E-state index contributed by atoms with van der Waals surface area (Å²) in [5.41, 5.74) is 7.60. The molecule has 2 amide bonds. The van der Waals surface area contributed by atoms with E-state index in [0.717, 1.165) is 38.9 Å². The first-order valence-electron chi connectivity index (χ1n) is 15.0. The van der Waals surface area contributed by atoms with E-state index in [9.17, 15) is 19.5 Å². The van der Waals surface area contributed by atoms with Crippen LogP contribution >= 0.6 is 0 Å². The van der Waals surface area contributed by atoms with Crippen molar-refractivity contribution in [2.24, 2.45) is 0 Å². The summed E-state index contributed by atoms with van der Waals surface area (Å²) in [4.78, 5) is 38.8. The van der Waals surface area contributed by atoms with Gasteiger partial charge in [-0.15, -0.1) is 0 Å². The summed E-state index contributed by atoms with van der Waals surface area (Å²) in [6, 6.07) is 30.2. The first-order valence-corrected chi connectivity index (χ1v) is 15.0. The van der Waals surface area contributed by atoms with Crippen LogP contribution in [0.2, 0.25) is 0 Å². The average molecular weight is 604 g/mol. The molecule has 0 unspecified atom stereocenters.